The Morgan fingerprint density at radius 1 is 0.769 bits per heavy atom. The van der Waals surface area contributed by atoms with Gasteiger partial charge in [0.1, 0.15) is 5.69 Å². The first-order valence-electron chi connectivity index (χ1n) is 9.73. The van der Waals surface area contributed by atoms with Crippen molar-refractivity contribution in [2.24, 2.45) is 0 Å². The molecule has 0 aliphatic heterocycles. The summed E-state index contributed by atoms with van der Waals surface area (Å²) in [6.07, 6.45) is 10.3. The van der Waals surface area contributed by atoms with Crippen LogP contribution in [0, 0.1) is 0 Å². The van der Waals surface area contributed by atoms with Gasteiger partial charge in [-0.15, -0.1) is 0 Å². The van der Waals surface area contributed by atoms with Crippen LogP contribution in [0.25, 0.3) is 11.5 Å². The maximum Gasteiger partial charge on any atom is 0.178 e. The van der Waals surface area contributed by atoms with E-state index in [1.807, 2.05) is 12.3 Å². The molecule has 0 bridgehead atoms. The average molecular weight is 341 g/mol. The van der Waals surface area contributed by atoms with Crippen LogP contribution in [-0.4, -0.2) is 15.0 Å². The predicted octanol–water partition coefficient (Wildman–Crippen LogP) is 4.89. The summed E-state index contributed by atoms with van der Waals surface area (Å²) in [7, 11) is 0. The number of nitrogens with zero attached hydrogens (tertiary/aromatic N) is 3. The molecule has 2 heterocycles. The molecule has 1 saturated carbocycles. The van der Waals surface area contributed by atoms with Gasteiger partial charge < -0.3 is 0 Å². The number of hydrogen-bond acceptors (Lipinski definition) is 3. The van der Waals surface area contributed by atoms with Crippen molar-refractivity contribution in [1.29, 1.82) is 0 Å². The lowest BCUT2D eigenvalue weighted by Crippen LogP contribution is -2.11. The van der Waals surface area contributed by atoms with Gasteiger partial charge in [-0.3, -0.25) is 0 Å². The lowest BCUT2D eigenvalue weighted by Gasteiger charge is -2.16. The molecule has 2 aliphatic carbocycles. The Labute approximate surface area is 154 Å². The normalized spacial score (nSPS) is 18.0. The summed E-state index contributed by atoms with van der Waals surface area (Å²) in [6, 6.07) is 17.1. The van der Waals surface area contributed by atoms with Crippen LogP contribution in [0.4, 0.5) is 0 Å². The molecule has 26 heavy (non-hydrogen) atoms. The molecule has 0 N–H and O–H groups in total. The molecule has 0 saturated heterocycles. The molecule has 0 radical (unpaired) electrons. The van der Waals surface area contributed by atoms with Crippen molar-refractivity contribution < 1.29 is 0 Å². The minimum absolute atomic E-state index is 0.0863. The smallest absolute Gasteiger partial charge is 0.178 e. The third-order valence-corrected chi connectivity index (χ3v) is 5.86. The zero-order valence-electron chi connectivity index (χ0n) is 15.0. The number of benzene rings is 1. The summed E-state index contributed by atoms with van der Waals surface area (Å²) in [6.45, 7) is 0. The maximum absolute atomic E-state index is 5.00. The summed E-state index contributed by atoms with van der Waals surface area (Å²) in [4.78, 5) is 14.5. The molecule has 2 aliphatic rings. The van der Waals surface area contributed by atoms with E-state index in [9.17, 15) is 0 Å². The van der Waals surface area contributed by atoms with Gasteiger partial charge in [-0.25, -0.2) is 15.0 Å². The first kappa shape index (κ1) is 15.7. The van der Waals surface area contributed by atoms with Crippen molar-refractivity contribution in [2.75, 3.05) is 0 Å². The Hall–Kier alpha value is -2.55. The van der Waals surface area contributed by atoms with E-state index in [0.717, 1.165) is 30.1 Å². The first-order valence-corrected chi connectivity index (χ1v) is 9.73. The second-order valence-electron chi connectivity index (χ2n) is 7.58. The molecular formula is C23H23N3. The topological polar surface area (TPSA) is 38.7 Å². The van der Waals surface area contributed by atoms with Gasteiger partial charge >= 0.3 is 0 Å². The summed E-state index contributed by atoms with van der Waals surface area (Å²) in [5.41, 5.74) is 6.06. The summed E-state index contributed by atoms with van der Waals surface area (Å²) >= 11 is 0. The fourth-order valence-electron chi connectivity index (χ4n) is 4.18. The Bertz CT molecular complexity index is 929. The molecule has 3 nitrogen and oxygen atoms in total. The second-order valence-corrected chi connectivity index (χ2v) is 7.58. The molecule has 5 rings (SSSR count). The van der Waals surface area contributed by atoms with E-state index in [0.29, 0.717) is 0 Å². The number of pyridine rings is 1. The van der Waals surface area contributed by atoms with E-state index in [4.69, 9.17) is 9.97 Å². The first-order chi connectivity index (χ1) is 12.9. The SMILES string of the molecule is c1ccc(C2(c3cccc(-c4ncc5c(n4)CCCCC5)n3)CC2)cc1. The highest BCUT2D eigenvalue weighted by atomic mass is 14.9. The van der Waals surface area contributed by atoms with Crippen LogP contribution in [-0.2, 0) is 18.3 Å². The zero-order chi connectivity index (χ0) is 17.4. The van der Waals surface area contributed by atoms with Crippen LogP contribution in [0.15, 0.2) is 54.7 Å². The summed E-state index contributed by atoms with van der Waals surface area (Å²) in [5, 5.41) is 0. The Kier molecular flexibility index (Phi) is 3.81. The molecule has 0 amide bonds. The van der Waals surface area contributed by atoms with Gasteiger partial charge in [0.15, 0.2) is 5.82 Å². The largest absolute Gasteiger partial charge is 0.249 e. The molecular weight excluding hydrogens is 318 g/mol. The number of aryl methyl sites for hydroxylation is 2. The summed E-state index contributed by atoms with van der Waals surface area (Å²) in [5.74, 6) is 0.774. The van der Waals surface area contributed by atoms with Gasteiger partial charge in [0.25, 0.3) is 0 Å². The van der Waals surface area contributed by atoms with E-state index in [-0.39, 0.29) is 5.41 Å². The van der Waals surface area contributed by atoms with E-state index in [2.05, 4.69) is 47.4 Å². The Balaban J connectivity index is 1.52. The van der Waals surface area contributed by atoms with Crippen LogP contribution in [0.5, 0.6) is 0 Å². The lowest BCUT2D eigenvalue weighted by atomic mass is 9.92. The van der Waals surface area contributed by atoms with E-state index < -0.39 is 0 Å². The molecule has 2 aromatic heterocycles. The van der Waals surface area contributed by atoms with Gasteiger partial charge in [0.2, 0.25) is 0 Å². The molecule has 1 fully saturated rings. The van der Waals surface area contributed by atoms with Gasteiger partial charge in [0, 0.05) is 17.3 Å². The van der Waals surface area contributed by atoms with Crippen molar-refractivity contribution >= 4 is 0 Å². The Morgan fingerprint density at radius 2 is 1.62 bits per heavy atom. The van der Waals surface area contributed by atoms with Crippen LogP contribution >= 0.6 is 0 Å². The number of rotatable bonds is 3. The minimum atomic E-state index is 0.0863. The van der Waals surface area contributed by atoms with Crippen molar-refractivity contribution in [3.05, 3.63) is 77.2 Å². The van der Waals surface area contributed by atoms with Crippen molar-refractivity contribution in [1.82, 2.24) is 15.0 Å². The lowest BCUT2D eigenvalue weighted by molar-refractivity contribution is 0.709. The highest BCUT2D eigenvalue weighted by molar-refractivity contribution is 5.52. The molecule has 3 heteroatoms. The van der Waals surface area contributed by atoms with Crippen molar-refractivity contribution in [3.8, 4) is 11.5 Å². The fourth-order valence-corrected chi connectivity index (χ4v) is 4.18. The number of fused-ring (bicyclic) bond motifs is 1. The Morgan fingerprint density at radius 3 is 2.46 bits per heavy atom. The van der Waals surface area contributed by atoms with Crippen LogP contribution in [0.2, 0.25) is 0 Å². The molecule has 0 spiro atoms. The van der Waals surface area contributed by atoms with Gasteiger partial charge in [0.05, 0.1) is 5.69 Å². The maximum atomic E-state index is 5.00. The minimum Gasteiger partial charge on any atom is -0.249 e. The van der Waals surface area contributed by atoms with Crippen LogP contribution in [0.3, 0.4) is 0 Å². The molecule has 1 aromatic carbocycles. The zero-order valence-corrected chi connectivity index (χ0v) is 15.0. The summed E-state index contributed by atoms with van der Waals surface area (Å²) < 4.78 is 0. The monoisotopic (exact) mass is 341 g/mol. The molecule has 0 unspecified atom stereocenters. The van der Waals surface area contributed by atoms with Crippen molar-refractivity contribution in [3.63, 3.8) is 0 Å². The standard InChI is InChI=1S/C23H23N3/c1-3-8-17-16-24-22(26-19(17)11-6-1)20-12-7-13-21(25-20)23(14-15-23)18-9-4-2-5-10-18/h2,4-5,7,9-10,12-13,16H,1,3,6,8,11,14-15H2. The van der Waals surface area contributed by atoms with E-state index in [1.165, 1.54) is 48.9 Å². The molecule has 130 valence electrons. The fraction of sp³-hybridized carbons (Fsp3) is 0.348. The average Bonchev–Trinajstić information content (AvgIpc) is 3.53. The van der Waals surface area contributed by atoms with Crippen LogP contribution < -0.4 is 0 Å². The molecule has 0 atom stereocenters. The third kappa shape index (κ3) is 2.72. The number of hydrogen-bond donors (Lipinski definition) is 0. The van der Waals surface area contributed by atoms with Gasteiger partial charge in [-0.05, 0) is 61.8 Å². The second kappa shape index (κ2) is 6.31. The highest BCUT2D eigenvalue weighted by Gasteiger charge is 2.47. The predicted molar refractivity (Wildman–Crippen MR) is 103 cm³/mol. The van der Waals surface area contributed by atoms with Gasteiger partial charge in [-0.2, -0.15) is 0 Å². The van der Waals surface area contributed by atoms with Crippen molar-refractivity contribution in [2.45, 2.75) is 50.4 Å². The highest BCUT2D eigenvalue weighted by Crippen LogP contribution is 2.52. The van der Waals surface area contributed by atoms with Crippen LogP contribution in [0.1, 0.15) is 54.6 Å². The molecule has 3 aromatic rings. The quantitative estimate of drug-likeness (QED) is 0.637. The number of aromatic nitrogens is 3. The van der Waals surface area contributed by atoms with E-state index in [1.54, 1.807) is 0 Å². The van der Waals surface area contributed by atoms with E-state index >= 15 is 0 Å². The van der Waals surface area contributed by atoms with Gasteiger partial charge in [-0.1, -0.05) is 42.8 Å². The third-order valence-electron chi connectivity index (χ3n) is 5.86.